The van der Waals surface area contributed by atoms with Gasteiger partial charge in [0.25, 0.3) is 0 Å². The Morgan fingerprint density at radius 1 is 1.00 bits per heavy atom. The molecule has 2 aromatic carbocycles. The van der Waals surface area contributed by atoms with Crippen LogP contribution in [0.1, 0.15) is 34.2 Å². The van der Waals surface area contributed by atoms with E-state index >= 15 is 0 Å². The molecule has 0 atom stereocenters. The van der Waals surface area contributed by atoms with Crippen molar-refractivity contribution in [2.45, 2.75) is 40.5 Å². The van der Waals surface area contributed by atoms with Crippen LogP contribution in [0, 0.1) is 27.7 Å². The number of hydrogen-bond acceptors (Lipinski definition) is 4. The van der Waals surface area contributed by atoms with Gasteiger partial charge in [-0.05, 0) is 83.1 Å². The number of aryl methyl sites for hydroxylation is 4. The van der Waals surface area contributed by atoms with Gasteiger partial charge in [0.1, 0.15) is 0 Å². The molecule has 30 heavy (non-hydrogen) atoms. The Bertz CT molecular complexity index is 1010. The maximum atomic E-state index is 13.4. The Balaban J connectivity index is 0.00000320. The van der Waals surface area contributed by atoms with Crippen LogP contribution in [-0.2, 0) is 11.2 Å². The second-order valence-electron chi connectivity index (χ2n) is 8.17. The van der Waals surface area contributed by atoms with Gasteiger partial charge in [0, 0.05) is 6.54 Å². The van der Waals surface area contributed by atoms with Gasteiger partial charge in [-0.15, -0.1) is 12.4 Å². The molecule has 0 aliphatic rings. The molecule has 0 fully saturated rings. The molecule has 1 amide bonds. The Hall–Kier alpha value is -1.95. The van der Waals surface area contributed by atoms with E-state index in [0.29, 0.717) is 13.0 Å². The van der Waals surface area contributed by atoms with Crippen LogP contribution in [0.5, 0.6) is 0 Å². The van der Waals surface area contributed by atoms with Crippen LogP contribution in [-0.4, -0.2) is 43.0 Å². The molecule has 3 rings (SSSR count). The molecule has 4 nitrogen and oxygen atoms in total. The molecule has 0 unspecified atom stereocenters. The average Bonchev–Trinajstić information content (AvgIpc) is 3.06. The third-order valence-corrected chi connectivity index (χ3v) is 6.34. The zero-order valence-electron chi connectivity index (χ0n) is 18.8. The Morgan fingerprint density at radius 3 is 2.27 bits per heavy atom. The first kappa shape index (κ1) is 24.3. The number of nitrogens with zero attached hydrogens (tertiary/aromatic N) is 3. The molecule has 1 aromatic heterocycles. The molecule has 0 saturated carbocycles. The van der Waals surface area contributed by atoms with Crippen LogP contribution in [0.25, 0.3) is 10.2 Å². The molecule has 0 spiro atoms. The second kappa shape index (κ2) is 10.4. The fourth-order valence-corrected chi connectivity index (χ4v) is 4.88. The second-order valence-corrected chi connectivity index (χ2v) is 9.18. The summed E-state index contributed by atoms with van der Waals surface area (Å²) in [6.45, 7) is 9.99. The van der Waals surface area contributed by atoms with Crippen LogP contribution >= 0.6 is 23.7 Å². The summed E-state index contributed by atoms with van der Waals surface area (Å²) in [5, 5.41) is 0.806. The largest absolute Gasteiger partial charge is 0.309 e. The van der Waals surface area contributed by atoms with Crippen molar-refractivity contribution in [1.29, 1.82) is 0 Å². The molecule has 1 heterocycles. The number of carbonyl (C=O) groups excluding carboxylic acids is 1. The van der Waals surface area contributed by atoms with Gasteiger partial charge in [-0.2, -0.15) is 0 Å². The number of halogens is 1. The van der Waals surface area contributed by atoms with Crippen molar-refractivity contribution in [3.05, 3.63) is 58.1 Å². The number of amides is 1. The van der Waals surface area contributed by atoms with E-state index in [9.17, 15) is 4.79 Å². The zero-order valence-corrected chi connectivity index (χ0v) is 20.4. The number of carbonyl (C=O) groups is 1. The van der Waals surface area contributed by atoms with E-state index in [1.807, 2.05) is 4.90 Å². The number of anilines is 1. The van der Waals surface area contributed by atoms with Crippen molar-refractivity contribution >= 4 is 45.0 Å². The lowest BCUT2D eigenvalue weighted by atomic mass is 9.97. The monoisotopic (exact) mass is 445 g/mol. The summed E-state index contributed by atoms with van der Waals surface area (Å²) in [5.74, 6) is 0.121. The molecule has 0 N–H and O–H groups in total. The molecule has 0 aliphatic heterocycles. The first-order valence-electron chi connectivity index (χ1n) is 10.1. The normalized spacial score (nSPS) is 11.0. The van der Waals surface area contributed by atoms with Crippen LogP contribution in [0.4, 0.5) is 5.13 Å². The minimum Gasteiger partial charge on any atom is -0.309 e. The molecule has 6 heteroatoms. The van der Waals surface area contributed by atoms with E-state index in [2.05, 4.69) is 77.0 Å². The van der Waals surface area contributed by atoms with Crippen LogP contribution in [0.15, 0.2) is 30.3 Å². The Morgan fingerprint density at radius 2 is 1.67 bits per heavy atom. The maximum absolute atomic E-state index is 13.4. The number of hydrogen-bond donors (Lipinski definition) is 0. The number of fused-ring (bicyclic) bond motifs is 1. The van der Waals surface area contributed by atoms with Gasteiger partial charge in [-0.3, -0.25) is 9.69 Å². The lowest BCUT2D eigenvalue weighted by Gasteiger charge is -2.22. The Labute approximate surface area is 190 Å². The molecular formula is C24H32ClN3OS. The van der Waals surface area contributed by atoms with Gasteiger partial charge in [-0.1, -0.05) is 41.2 Å². The fourth-order valence-electron chi connectivity index (χ4n) is 3.80. The number of benzene rings is 2. The van der Waals surface area contributed by atoms with E-state index in [-0.39, 0.29) is 18.3 Å². The highest BCUT2D eigenvalue weighted by atomic mass is 35.5. The first-order chi connectivity index (χ1) is 13.8. The number of para-hydroxylation sites is 1. The number of rotatable bonds is 7. The van der Waals surface area contributed by atoms with Gasteiger partial charge in [0.15, 0.2) is 5.13 Å². The van der Waals surface area contributed by atoms with Crippen LogP contribution in [0.3, 0.4) is 0 Å². The highest BCUT2D eigenvalue weighted by Gasteiger charge is 2.21. The minimum absolute atomic E-state index is 0. The lowest BCUT2D eigenvalue weighted by molar-refractivity contribution is -0.118. The molecule has 0 saturated heterocycles. The number of aromatic nitrogens is 1. The van der Waals surface area contributed by atoms with Crippen molar-refractivity contribution < 1.29 is 4.79 Å². The molecule has 162 valence electrons. The van der Waals surface area contributed by atoms with Gasteiger partial charge < -0.3 is 4.90 Å². The molecule has 0 aliphatic carbocycles. The Kier molecular flexibility index (Phi) is 8.42. The quantitative estimate of drug-likeness (QED) is 0.483. The number of thiazole rings is 1. The van der Waals surface area contributed by atoms with Crippen molar-refractivity contribution in [3.63, 3.8) is 0 Å². The molecule has 0 radical (unpaired) electrons. The van der Waals surface area contributed by atoms with Crippen molar-refractivity contribution in [3.8, 4) is 0 Å². The lowest BCUT2D eigenvalue weighted by Crippen LogP contribution is -2.34. The van der Waals surface area contributed by atoms with Crippen molar-refractivity contribution in [2.75, 3.05) is 32.1 Å². The minimum atomic E-state index is 0. The standard InChI is InChI=1S/C24H31N3OS.ClH/c1-16-13-18(3)20(19(4)14-16)15-22(28)27(12-8-11-26(5)6)24-25-23-17(2)9-7-10-21(23)29-24;/h7,9-10,13-14H,8,11-12,15H2,1-6H3;1H. The van der Waals surface area contributed by atoms with Gasteiger partial charge in [0.2, 0.25) is 5.91 Å². The summed E-state index contributed by atoms with van der Waals surface area (Å²) >= 11 is 1.61. The molecule has 0 bridgehead atoms. The van der Waals surface area contributed by atoms with Gasteiger partial charge in [-0.25, -0.2) is 4.98 Å². The third-order valence-electron chi connectivity index (χ3n) is 5.30. The van der Waals surface area contributed by atoms with Crippen molar-refractivity contribution in [2.24, 2.45) is 0 Å². The predicted molar refractivity (Wildman–Crippen MR) is 131 cm³/mol. The van der Waals surface area contributed by atoms with Gasteiger partial charge >= 0.3 is 0 Å². The topological polar surface area (TPSA) is 36.4 Å². The highest BCUT2D eigenvalue weighted by molar-refractivity contribution is 7.22. The zero-order chi connectivity index (χ0) is 21.1. The van der Waals surface area contributed by atoms with E-state index in [4.69, 9.17) is 4.98 Å². The van der Waals surface area contributed by atoms with Crippen LogP contribution < -0.4 is 4.90 Å². The van der Waals surface area contributed by atoms with Gasteiger partial charge in [0.05, 0.1) is 16.6 Å². The first-order valence-corrected chi connectivity index (χ1v) is 11.0. The summed E-state index contributed by atoms with van der Waals surface area (Å²) in [7, 11) is 4.12. The summed E-state index contributed by atoms with van der Waals surface area (Å²) < 4.78 is 1.13. The van der Waals surface area contributed by atoms with E-state index < -0.39 is 0 Å². The third kappa shape index (κ3) is 5.60. The summed E-state index contributed by atoms with van der Waals surface area (Å²) in [4.78, 5) is 22.3. The van der Waals surface area contributed by atoms with Crippen molar-refractivity contribution in [1.82, 2.24) is 9.88 Å². The molecular weight excluding hydrogens is 414 g/mol. The van der Waals surface area contributed by atoms with Crippen LogP contribution in [0.2, 0.25) is 0 Å². The average molecular weight is 446 g/mol. The van der Waals surface area contributed by atoms with E-state index in [1.54, 1.807) is 11.3 Å². The maximum Gasteiger partial charge on any atom is 0.233 e. The predicted octanol–water partition coefficient (Wildman–Crippen LogP) is 5.48. The summed E-state index contributed by atoms with van der Waals surface area (Å²) in [6, 6.07) is 10.5. The summed E-state index contributed by atoms with van der Waals surface area (Å²) in [5.41, 5.74) is 6.89. The highest BCUT2D eigenvalue weighted by Crippen LogP contribution is 2.31. The molecule has 3 aromatic rings. The van der Waals surface area contributed by atoms with E-state index in [1.165, 1.54) is 16.7 Å². The fraction of sp³-hybridized carbons (Fsp3) is 0.417. The smallest absolute Gasteiger partial charge is 0.233 e. The SMILES string of the molecule is Cc1cc(C)c(CC(=O)N(CCCN(C)C)c2nc3c(C)cccc3s2)c(C)c1.Cl. The summed E-state index contributed by atoms with van der Waals surface area (Å²) in [6.07, 6.45) is 1.33. The van der Waals surface area contributed by atoms with E-state index in [0.717, 1.165) is 39.4 Å².